The molecule has 2 aromatic carbocycles. The average Bonchev–Trinajstić information content (AvgIpc) is 3.19. The third kappa shape index (κ3) is 4.56. The van der Waals surface area contributed by atoms with E-state index in [1.807, 2.05) is 6.07 Å². The van der Waals surface area contributed by atoms with Crippen LogP contribution in [0.15, 0.2) is 36.4 Å². The second-order valence-electron chi connectivity index (χ2n) is 9.73. The Labute approximate surface area is 198 Å². The van der Waals surface area contributed by atoms with Gasteiger partial charge in [-0.25, -0.2) is 0 Å². The Morgan fingerprint density at radius 2 is 1.76 bits per heavy atom. The highest BCUT2D eigenvalue weighted by Crippen LogP contribution is 2.38. The number of H-pyrrole nitrogens is 1. The van der Waals surface area contributed by atoms with Crippen molar-refractivity contribution in [3.8, 4) is 22.8 Å². The van der Waals surface area contributed by atoms with Crippen molar-refractivity contribution >= 4 is 16.6 Å². The lowest BCUT2D eigenvalue weighted by Crippen LogP contribution is -2.59. The van der Waals surface area contributed by atoms with E-state index in [1.165, 1.54) is 41.5 Å². The fourth-order valence-electron chi connectivity index (χ4n) is 5.32. The first-order chi connectivity index (χ1) is 15.9. The Kier molecular flexibility index (Phi) is 6.89. The molecule has 1 N–H and O–H groups in total. The van der Waals surface area contributed by atoms with Crippen molar-refractivity contribution in [1.82, 2.24) is 9.88 Å². The van der Waals surface area contributed by atoms with Gasteiger partial charge in [-0.2, -0.15) is 0 Å². The minimum absolute atomic E-state index is 0.106. The molecule has 0 amide bonds. The summed E-state index contributed by atoms with van der Waals surface area (Å²) in [5.74, 6) is 1.50. The van der Waals surface area contributed by atoms with Crippen LogP contribution in [0, 0.1) is 0 Å². The number of rotatable bonds is 8. The second-order valence-corrected chi connectivity index (χ2v) is 9.73. The standard InChI is InChI=1S/C28H39N3O2/c1-7-9-14-30-15-16-31(28(3,4)19-30)21-11-12-24-23(18-21)22(8-2)27(29-24)20-10-13-25(32-5)26(17-20)33-6/h10-13,17-18,29H,7-9,14-16,19H2,1-6H3. The summed E-state index contributed by atoms with van der Waals surface area (Å²) in [5.41, 5.74) is 6.23. The van der Waals surface area contributed by atoms with E-state index in [1.54, 1.807) is 14.2 Å². The lowest BCUT2D eigenvalue weighted by atomic mass is 9.96. The number of nitrogens with one attached hydrogen (secondary N) is 1. The van der Waals surface area contributed by atoms with Crippen molar-refractivity contribution < 1.29 is 9.47 Å². The van der Waals surface area contributed by atoms with Crippen molar-refractivity contribution in [1.29, 1.82) is 0 Å². The Morgan fingerprint density at radius 3 is 2.42 bits per heavy atom. The maximum atomic E-state index is 5.55. The van der Waals surface area contributed by atoms with Crippen molar-refractivity contribution in [2.45, 2.75) is 52.5 Å². The van der Waals surface area contributed by atoms with Crippen LogP contribution in [0.1, 0.15) is 46.1 Å². The van der Waals surface area contributed by atoms with Crippen molar-refractivity contribution in [3.63, 3.8) is 0 Å². The van der Waals surface area contributed by atoms with E-state index in [-0.39, 0.29) is 5.54 Å². The van der Waals surface area contributed by atoms with E-state index in [0.717, 1.165) is 48.8 Å². The number of unbranched alkanes of at least 4 members (excludes halogenated alkanes) is 1. The topological polar surface area (TPSA) is 40.7 Å². The van der Waals surface area contributed by atoms with Crippen LogP contribution in [-0.2, 0) is 6.42 Å². The van der Waals surface area contributed by atoms with Crippen molar-refractivity contribution in [2.75, 3.05) is 45.3 Å². The molecule has 0 unspecified atom stereocenters. The zero-order chi connectivity index (χ0) is 23.6. The molecule has 5 nitrogen and oxygen atoms in total. The molecule has 1 saturated heterocycles. The molecule has 5 heteroatoms. The summed E-state index contributed by atoms with van der Waals surface area (Å²) >= 11 is 0. The number of aryl methyl sites for hydroxylation is 1. The fraction of sp³-hybridized carbons (Fsp3) is 0.500. The van der Waals surface area contributed by atoms with E-state index in [4.69, 9.17) is 9.47 Å². The Balaban J connectivity index is 1.69. The molecule has 0 saturated carbocycles. The number of aromatic amines is 1. The van der Waals surface area contributed by atoms with Crippen LogP contribution in [0.4, 0.5) is 5.69 Å². The molecular formula is C28H39N3O2. The quantitative estimate of drug-likeness (QED) is 0.450. The van der Waals surface area contributed by atoms with Gasteiger partial charge in [0.2, 0.25) is 0 Å². The van der Waals surface area contributed by atoms with Gasteiger partial charge in [-0.05, 0) is 75.2 Å². The first kappa shape index (κ1) is 23.5. The van der Waals surface area contributed by atoms with Crippen LogP contribution < -0.4 is 14.4 Å². The van der Waals surface area contributed by atoms with Gasteiger partial charge in [-0.15, -0.1) is 0 Å². The summed E-state index contributed by atoms with van der Waals surface area (Å²) in [4.78, 5) is 8.90. The Morgan fingerprint density at radius 1 is 0.970 bits per heavy atom. The summed E-state index contributed by atoms with van der Waals surface area (Å²) < 4.78 is 11.0. The normalized spacial score (nSPS) is 16.4. The number of anilines is 1. The SMILES string of the molecule is CCCCN1CCN(c2ccc3[nH]c(-c4ccc(OC)c(OC)c4)c(CC)c3c2)C(C)(C)C1. The van der Waals surface area contributed by atoms with Crippen LogP contribution in [0.2, 0.25) is 0 Å². The number of aromatic nitrogens is 1. The minimum Gasteiger partial charge on any atom is -0.493 e. The highest BCUT2D eigenvalue weighted by atomic mass is 16.5. The number of piperazine rings is 1. The second kappa shape index (κ2) is 9.68. The molecule has 1 aliphatic heterocycles. The smallest absolute Gasteiger partial charge is 0.161 e. The molecular weight excluding hydrogens is 410 g/mol. The van der Waals surface area contributed by atoms with Gasteiger partial charge in [0.25, 0.3) is 0 Å². The third-order valence-electron chi connectivity index (χ3n) is 7.04. The van der Waals surface area contributed by atoms with Gasteiger partial charge >= 0.3 is 0 Å². The van der Waals surface area contributed by atoms with Crippen molar-refractivity contribution in [3.05, 3.63) is 42.0 Å². The number of fused-ring (bicyclic) bond motifs is 1. The van der Waals surface area contributed by atoms with E-state index < -0.39 is 0 Å². The number of benzene rings is 2. The maximum Gasteiger partial charge on any atom is 0.161 e. The molecule has 0 radical (unpaired) electrons. The van der Waals surface area contributed by atoms with Gasteiger partial charge in [-0.3, -0.25) is 4.90 Å². The van der Waals surface area contributed by atoms with Gasteiger partial charge < -0.3 is 19.4 Å². The first-order valence-corrected chi connectivity index (χ1v) is 12.3. The third-order valence-corrected chi connectivity index (χ3v) is 7.04. The van der Waals surface area contributed by atoms with Crippen LogP contribution in [-0.4, -0.2) is 55.8 Å². The van der Waals surface area contributed by atoms with Crippen molar-refractivity contribution in [2.24, 2.45) is 0 Å². The summed E-state index contributed by atoms with van der Waals surface area (Å²) in [5, 5.41) is 1.31. The number of methoxy groups -OCH3 is 2. The summed E-state index contributed by atoms with van der Waals surface area (Å²) in [6.07, 6.45) is 3.50. The van der Waals surface area contributed by atoms with E-state index in [9.17, 15) is 0 Å². The molecule has 0 aliphatic carbocycles. The highest BCUT2D eigenvalue weighted by molar-refractivity contribution is 5.93. The maximum absolute atomic E-state index is 5.55. The minimum atomic E-state index is 0.106. The van der Waals surface area contributed by atoms with E-state index >= 15 is 0 Å². The summed E-state index contributed by atoms with van der Waals surface area (Å²) in [7, 11) is 3.36. The Bertz CT molecular complexity index is 1100. The molecule has 33 heavy (non-hydrogen) atoms. The van der Waals surface area contributed by atoms with Gasteiger partial charge in [-0.1, -0.05) is 20.3 Å². The van der Waals surface area contributed by atoms with Crippen LogP contribution in [0.3, 0.4) is 0 Å². The van der Waals surface area contributed by atoms with E-state index in [2.05, 4.69) is 72.8 Å². The molecule has 1 fully saturated rings. The molecule has 1 aliphatic rings. The fourth-order valence-corrected chi connectivity index (χ4v) is 5.32. The van der Waals surface area contributed by atoms with Crippen LogP contribution >= 0.6 is 0 Å². The van der Waals surface area contributed by atoms with Gasteiger partial charge in [0.15, 0.2) is 11.5 Å². The monoisotopic (exact) mass is 449 g/mol. The zero-order valence-corrected chi connectivity index (χ0v) is 21.1. The van der Waals surface area contributed by atoms with Crippen LogP contribution in [0.5, 0.6) is 11.5 Å². The number of hydrogen-bond acceptors (Lipinski definition) is 4. The predicted molar refractivity (Wildman–Crippen MR) is 139 cm³/mol. The number of nitrogens with zero attached hydrogens (tertiary/aromatic N) is 2. The molecule has 0 atom stereocenters. The summed E-state index contributed by atoms with van der Waals surface area (Å²) in [6.45, 7) is 13.8. The molecule has 3 aromatic rings. The number of hydrogen-bond donors (Lipinski definition) is 1. The highest BCUT2D eigenvalue weighted by Gasteiger charge is 2.33. The lowest BCUT2D eigenvalue weighted by Gasteiger charge is -2.48. The lowest BCUT2D eigenvalue weighted by molar-refractivity contribution is 0.181. The van der Waals surface area contributed by atoms with Gasteiger partial charge in [0.05, 0.1) is 14.2 Å². The molecule has 1 aromatic heterocycles. The van der Waals surface area contributed by atoms with E-state index in [0.29, 0.717) is 0 Å². The summed E-state index contributed by atoms with van der Waals surface area (Å²) in [6, 6.07) is 13.0. The largest absolute Gasteiger partial charge is 0.493 e. The molecule has 4 rings (SSSR count). The Hall–Kier alpha value is -2.66. The average molecular weight is 450 g/mol. The molecule has 0 spiro atoms. The van der Waals surface area contributed by atoms with Gasteiger partial charge in [0.1, 0.15) is 0 Å². The molecule has 2 heterocycles. The predicted octanol–water partition coefficient (Wildman–Crippen LogP) is 6.12. The molecule has 0 bridgehead atoms. The zero-order valence-electron chi connectivity index (χ0n) is 21.1. The number of ether oxygens (including phenoxy) is 2. The van der Waals surface area contributed by atoms with Gasteiger partial charge in [0, 0.05) is 53.0 Å². The first-order valence-electron chi connectivity index (χ1n) is 12.3. The molecule has 178 valence electrons. The van der Waals surface area contributed by atoms with Crippen LogP contribution in [0.25, 0.3) is 22.2 Å².